The summed E-state index contributed by atoms with van der Waals surface area (Å²) < 4.78 is 7.23. The fourth-order valence-electron chi connectivity index (χ4n) is 1.80. The van der Waals surface area contributed by atoms with Crippen molar-refractivity contribution in [2.75, 3.05) is 0 Å². The van der Waals surface area contributed by atoms with Crippen LogP contribution in [0.1, 0.15) is 0 Å². The number of fused-ring (bicyclic) bond motifs is 3. The van der Waals surface area contributed by atoms with E-state index in [2.05, 4.69) is 46.3 Å². The van der Waals surface area contributed by atoms with Crippen LogP contribution in [0.2, 0.25) is 19.6 Å². The quantitative estimate of drug-likeness (QED) is 0.511. The van der Waals surface area contributed by atoms with Crippen molar-refractivity contribution in [1.29, 1.82) is 0 Å². The van der Waals surface area contributed by atoms with Crippen LogP contribution in [0.15, 0.2) is 15.2 Å². The van der Waals surface area contributed by atoms with Gasteiger partial charge in [0, 0.05) is 14.6 Å². The molecule has 0 atom stereocenters. The molecule has 0 saturated carbocycles. The third-order valence-corrected chi connectivity index (χ3v) is 9.90. The van der Waals surface area contributed by atoms with E-state index in [1.54, 1.807) is 9.89 Å². The minimum Gasteiger partial charge on any atom is -0.142 e. The molecule has 0 aromatic carbocycles. The first-order valence-electron chi connectivity index (χ1n) is 5.05. The standard InChI is InChI=1S/C11H11BrS3Si/c1-16(2,3)7-5-14-11-9(7)15-8-6(12)4-13-10(8)11/h4-5H,1-3H3. The van der Waals surface area contributed by atoms with Crippen LogP contribution in [-0.4, -0.2) is 8.07 Å². The summed E-state index contributed by atoms with van der Waals surface area (Å²) in [6.07, 6.45) is 0. The zero-order chi connectivity index (χ0) is 11.5. The molecule has 3 aromatic rings. The lowest BCUT2D eigenvalue weighted by Crippen LogP contribution is -2.36. The predicted octanol–water partition coefficient (Wildman–Crippen LogP) is 5.49. The topological polar surface area (TPSA) is 0 Å². The van der Waals surface area contributed by atoms with Crippen LogP contribution < -0.4 is 5.19 Å². The predicted molar refractivity (Wildman–Crippen MR) is 85.8 cm³/mol. The number of rotatable bonds is 1. The van der Waals surface area contributed by atoms with Gasteiger partial charge in [-0.15, -0.1) is 34.0 Å². The molecule has 0 fully saturated rings. The van der Waals surface area contributed by atoms with Crippen molar-refractivity contribution in [2.45, 2.75) is 19.6 Å². The molecule has 84 valence electrons. The SMILES string of the molecule is C[Si](C)(C)c1csc2c1sc1c(Br)csc12. The number of hydrogen-bond donors (Lipinski definition) is 0. The van der Waals surface area contributed by atoms with Crippen molar-refractivity contribution in [1.82, 2.24) is 0 Å². The van der Waals surface area contributed by atoms with E-state index in [9.17, 15) is 0 Å². The Balaban J connectivity index is 2.43. The highest BCUT2D eigenvalue weighted by Gasteiger charge is 2.23. The number of hydrogen-bond acceptors (Lipinski definition) is 3. The fourth-order valence-corrected chi connectivity index (χ4v) is 9.78. The maximum Gasteiger partial charge on any atom is 0.0805 e. The van der Waals surface area contributed by atoms with Crippen molar-refractivity contribution in [2.24, 2.45) is 0 Å². The molecule has 3 heterocycles. The van der Waals surface area contributed by atoms with Gasteiger partial charge in [-0.3, -0.25) is 0 Å². The lowest BCUT2D eigenvalue weighted by molar-refractivity contribution is 1.79. The van der Waals surface area contributed by atoms with E-state index in [0.29, 0.717) is 0 Å². The molecule has 0 bridgehead atoms. The molecule has 0 saturated heterocycles. The summed E-state index contributed by atoms with van der Waals surface area (Å²) >= 11 is 9.39. The molecule has 3 aromatic heterocycles. The summed E-state index contributed by atoms with van der Waals surface area (Å²) in [6, 6.07) is 0. The summed E-state index contributed by atoms with van der Waals surface area (Å²) in [5.74, 6) is 0. The van der Waals surface area contributed by atoms with Gasteiger partial charge in [0.2, 0.25) is 0 Å². The molecular weight excluding hydrogens is 336 g/mol. The first kappa shape index (κ1) is 11.4. The molecule has 0 amide bonds. The summed E-state index contributed by atoms with van der Waals surface area (Å²) in [6.45, 7) is 7.28. The maximum atomic E-state index is 3.64. The first-order chi connectivity index (χ1) is 7.48. The van der Waals surface area contributed by atoms with Crippen LogP contribution >= 0.6 is 49.9 Å². The van der Waals surface area contributed by atoms with E-state index in [1.165, 1.54) is 18.6 Å². The van der Waals surface area contributed by atoms with Crippen LogP contribution in [0, 0.1) is 0 Å². The van der Waals surface area contributed by atoms with Crippen molar-refractivity contribution < 1.29 is 0 Å². The van der Waals surface area contributed by atoms with E-state index in [4.69, 9.17) is 0 Å². The lowest BCUT2D eigenvalue weighted by Gasteiger charge is -2.13. The van der Waals surface area contributed by atoms with Crippen LogP contribution in [0.5, 0.6) is 0 Å². The molecule has 0 aliphatic heterocycles. The highest BCUT2D eigenvalue weighted by atomic mass is 79.9. The Labute approximate surface area is 116 Å². The molecule has 0 spiro atoms. The van der Waals surface area contributed by atoms with Gasteiger partial charge in [-0.2, -0.15) is 0 Å². The highest BCUT2D eigenvalue weighted by molar-refractivity contribution is 9.10. The lowest BCUT2D eigenvalue weighted by atomic mass is 10.5. The van der Waals surface area contributed by atoms with E-state index in [-0.39, 0.29) is 0 Å². The summed E-state index contributed by atoms with van der Waals surface area (Å²) in [7, 11) is -1.19. The van der Waals surface area contributed by atoms with Gasteiger partial charge < -0.3 is 0 Å². The Kier molecular flexibility index (Phi) is 2.60. The van der Waals surface area contributed by atoms with Gasteiger partial charge in [0.25, 0.3) is 0 Å². The van der Waals surface area contributed by atoms with Crippen LogP contribution in [0.25, 0.3) is 18.8 Å². The fraction of sp³-hybridized carbons (Fsp3) is 0.273. The zero-order valence-corrected chi connectivity index (χ0v) is 14.3. The second-order valence-corrected chi connectivity index (χ2v) is 13.6. The second-order valence-electron chi connectivity index (χ2n) is 4.90. The third kappa shape index (κ3) is 1.56. The molecule has 3 rings (SSSR count). The van der Waals surface area contributed by atoms with E-state index < -0.39 is 8.07 Å². The highest BCUT2D eigenvalue weighted by Crippen LogP contribution is 2.44. The van der Waals surface area contributed by atoms with Gasteiger partial charge in [0.1, 0.15) is 0 Å². The van der Waals surface area contributed by atoms with E-state index >= 15 is 0 Å². The minimum atomic E-state index is -1.19. The third-order valence-electron chi connectivity index (χ3n) is 2.67. The Morgan fingerprint density at radius 3 is 2.25 bits per heavy atom. The average Bonchev–Trinajstić information content (AvgIpc) is 2.76. The molecule has 0 aliphatic rings. The molecule has 0 aliphatic carbocycles. The van der Waals surface area contributed by atoms with Crippen molar-refractivity contribution >= 4 is 82.0 Å². The molecule has 16 heavy (non-hydrogen) atoms. The largest absolute Gasteiger partial charge is 0.142 e. The Bertz CT molecular complexity index is 668. The van der Waals surface area contributed by atoms with Crippen molar-refractivity contribution in [3.05, 3.63) is 15.2 Å². The molecule has 0 nitrogen and oxygen atoms in total. The smallest absolute Gasteiger partial charge is 0.0805 e. The van der Waals surface area contributed by atoms with Gasteiger partial charge in [-0.25, -0.2) is 0 Å². The van der Waals surface area contributed by atoms with E-state index in [1.807, 2.05) is 34.0 Å². The summed E-state index contributed by atoms with van der Waals surface area (Å²) in [4.78, 5) is 0. The molecular formula is C11H11BrS3Si. The number of halogens is 1. The van der Waals surface area contributed by atoms with Gasteiger partial charge in [0.15, 0.2) is 0 Å². The van der Waals surface area contributed by atoms with Crippen molar-refractivity contribution in [3.8, 4) is 0 Å². The monoisotopic (exact) mass is 346 g/mol. The van der Waals surface area contributed by atoms with Crippen molar-refractivity contribution in [3.63, 3.8) is 0 Å². The van der Waals surface area contributed by atoms with Crippen LogP contribution in [-0.2, 0) is 0 Å². The Morgan fingerprint density at radius 2 is 1.56 bits per heavy atom. The van der Waals surface area contributed by atoms with Gasteiger partial charge in [-0.05, 0) is 26.5 Å². The van der Waals surface area contributed by atoms with Gasteiger partial charge in [-0.1, -0.05) is 19.6 Å². The Hall–Kier alpha value is 0.317. The minimum absolute atomic E-state index is 1.19. The average molecular weight is 347 g/mol. The van der Waals surface area contributed by atoms with Gasteiger partial charge >= 0.3 is 0 Å². The molecule has 0 unspecified atom stereocenters. The number of thiophene rings is 3. The van der Waals surface area contributed by atoms with E-state index in [0.717, 1.165) is 0 Å². The summed E-state index contributed by atoms with van der Waals surface area (Å²) in [5.41, 5.74) is 0. The first-order valence-corrected chi connectivity index (χ1v) is 11.9. The summed E-state index contributed by atoms with van der Waals surface area (Å²) in [5, 5.41) is 6.22. The van der Waals surface area contributed by atoms with Crippen LogP contribution in [0.3, 0.4) is 0 Å². The zero-order valence-electron chi connectivity index (χ0n) is 9.26. The normalized spacial score (nSPS) is 13.0. The maximum absolute atomic E-state index is 3.64. The second kappa shape index (κ2) is 3.65. The van der Waals surface area contributed by atoms with Gasteiger partial charge in [0.05, 0.1) is 22.2 Å². The molecule has 0 radical (unpaired) electrons. The molecule has 0 N–H and O–H groups in total. The Morgan fingerprint density at radius 1 is 0.938 bits per heavy atom. The van der Waals surface area contributed by atoms with Crippen LogP contribution in [0.4, 0.5) is 0 Å². The molecule has 5 heteroatoms.